The Hall–Kier alpha value is -1.22. The fraction of sp³-hybridized carbons (Fsp3) is 0.417. The number of carbonyl (C=O) groups is 1. The molecule has 0 aliphatic heterocycles. The number of hydrogen-bond acceptors (Lipinski definition) is 2. The highest BCUT2D eigenvalue weighted by molar-refractivity contribution is 6.31. The van der Waals surface area contributed by atoms with Gasteiger partial charge in [0.1, 0.15) is 0 Å². The largest absolute Gasteiger partial charge is 0.478 e. The Balaban J connectivity index is 3.01. The van der Waals surface area contributed by atoms with E-state index in [4.69, 9.17) is 16.7 Å². The quantitative estimate of drug-likeness (QED) is 0.848. The average Bonchev–Trinajstić information content (AvgIpc) is 2.16. The first kappa shape index (κ1) is 12.8. The Morgan fingerprint density at radius 2 is 2.00 bits per heavy atom. The molecule has 1 unspecified atom stereocenters. The van der Waals surface area contributed by atoms with Crippen LogP contribution in [0.15, 0.2) is 18.2 Å². The Morgan fingerprint density at radius 3 is 2.50 bits per heavy atom. The van der Waals surface area contributed by atoms with E-state index in [1.165, 1.54) is 6.07 Å². The van der Waals surface area contributed by atoms with Gasteiger partial charge in [-0.15, -0.1) is 0 Å². The van der Waals surface area contributed by atoms with Crippen LogP contribution in [0, 0.1) is 5.92 Å². The highest BCUT2D eigenvalue weighted by Gasteiger charge is 2.13. The minimum absolute atomic E-state index is 0.191. The number of rotatable bonds is 4. The second-order valence-corrected chi connectivity index (χ2v) is 4.61. The summed E-state index contributed by atoms with van der Waals surface area (Å²) in [5.74, 6) is -0.532. The van der Waals surface area contributed by atoms with E-state index in [1.54, 1.807) is 12.1 Å². The second kappa shape index (κ2) is 5.21. The fourth-order valence-electron chi connectivity index (χ4n) is 1.23. The number of benzene rings is 1. The molecule has 0 saturated carbocycles. The first-order chi connectivity index (χ1) is 7.41. The lowest BCUT2D eigenvalue weighted by Crippen LogP contribution is -2.22. The van der Waals surface area contributed by atoms with E-state index in [1.807, 2.05) is 6.92 Å². The van der Waals surface area contributed by atoms with Crippen molar-refractivity contribution in [2.24, 2.45) is 5.92 Å². The molecule has 1 aromatic rings. The van der Waals surface area contributed by atoms with Gasteiger partial charge in [0.25, 0.3) is 0 Å². The van der Waals surface area contributed by atoms with Crippen LogP contribution in [0.3, 0.4) is 0 Å². The van der Waals surface area contributed by atoms with Gasteiger partial charge in [-0.05, 0) is 31.0 Å². The zero-order valence-electron chi connectivity index (χ0n) is 9.62. The highest BCUT2D eigenvalue weighted by Crippen LogP contribution is 2.23. The number of hydrogen-bond donors (Lipinski definition) is 2. The lowest BCUT2D eigenvalue weighted by atomic mass is 10.1. The molecule has 0 saturated heterocycles. The summed E-state index contributed by atoms with van der Waals surface area (Å²) in [4.78, 5) is 11.0. The average molecular weight is 242 g/mol. The summed E-state index contributed by atoms with van der Waals surface area (Å²) in [5, 5.41) is 12.7. The van der Waals surface area contributed by atoms with E-state index in [0.29, 0.717) is 16.6 Å². The zero-order valence-corrected chi connectivity index (χ0v) is 10.4. The van der Waals surface area contributed by atoms with E-state index in [-0.39, 0.29) is 11.6 Å². The van der Waals surface area contributed by atoms with Crippen molar-refractivity contribution in [3.63, 3.8) is 0 Å². The highest BCUT2D eigenvalue weighted by atomic mass is 35.5. The van der Waals surface area contributed by atoms with Gasteiger partial charge in [0.15, 0.2) is 0 Å². The maximum Gasteiger partial charge on any atom is 0.337 e. The van der Waals surface area contributed by atoms with Gasteiger partial charge in [-0.1, -0.05) is 25.4 Å². The van der Waals surface area contributed by atoms with Crippen molar-refractivity contribution in [1.82, 2.24) is 0 Å². The molecule has 0 fully saturated rings. The molecule has 0 amide bonds. The van der Waals surface area contributed by atoms with Crippen LogP contribution in [0.1, 0.15) is 31.1 Å². The third-order valence-corrected chi connectivity index (χ3v) is 2.83. The van der Waals surface area contributed by atoms with Crippen LogP contribution in [-0.2, 0) is 0 Å². The maximum atomic E-state index is 11.0. The zero-order chi connectivity index (χ0) is 12.3. The smallest absolute Gasteiger partial charge is 0.337 e. The Bertz CT molecular complexity index is 391. The fourth-order valence-corrected chi connectivity index (χ4v) is 1.41. The minimum Gasteiger partial charge on any atom is -0.478 e. The lowest BCUT2D eigenvalue weighted by molar-refractivity contribution is 0.0698. The SMILES string of the molecule is CC(C)C(C)Nc1cc(Cl)ccc1C(=O)O. The second-order valence-electron chi connectivity index (χ2n) is 4.17. The van der Waals surface area contributed by atoms with Gasteiger partial charge in [0.05, 0.1) is 11.3 Å². The molecular formula is C12H16ClNO2. The summed E-state index contributed by atoms with van der Waals surface area (Å²) in [6.07, 6.45) is 0. The van der Waals surface area contributed by atoms with Crippen molar-refractivity contribution in [1.29, 1.82) is 0 Å². The first-order valence-corrected chi connectivity index (χ1v) is 5.59. The summed E-state index contributed by atoms with van der Waals surface area (Å²) < 4.78 is 0. The molecular weight excluding hydrogens is 226 g/mol. The minimum atomic E-state index is -0.949. The predicted molar refractivity (Wildman–Crippen MR) is 66.3 cm³/mol. The van der Waals surface area contributed by atoms with Gasteiger partial charge in [0, 0.05) is 11.1 Å². The lowest BCUT2D eigenvalue weighted by Gasteiger charge is -2.20. The van der Waals surface area contributed by atoms with Crippen molar-refractivity contribution < 1.29 is 9.90 Å². The summed E-state index contributed by atoms with van der Waals surface area (Å²) in [7, 11) is 0. The molecule has 88 valence electrons. The number of aromatic carboxylic acids is 1. The molecule has 16 heavy (non-hydrogen) atoms. The molecule has 0 aliphatic rings. The van der Waals surface area contributed by atoms with Gasteiger partial charge in [-0.3, -0.25) is 0 Å². The third kappa shape index (κ3) is 3.14. The van der Waals surface area contributed by atoms with Gasteiger partial charge >= 0.3 is 5.97 Å². The number of anilines is 1. The molecule has 0 aromatic heterocycles. The Morgan fingerprint density at radius 1 is 1.38 bits per heavy atom. The summed E-state index contributed by atoms with van der Waals surface area (Å²) >= 11 is 5.85. The molecule has 0 bridgehead atoms. The Kier molecular flexibility index (Phi) is 4.19. The number of carboxylic acids is 1. The normalized spacial score (nSPS) is 12.6. The summed E-state index contributed by atoms with van der Waals surface area (Å²) in [6, 6.07) is 4.93. The van der Waals surface area contributed by atoms with Crippen LogP contribution in [-0.4, -0.2) is 17.1 Å². The van der Waals surface area contributed by atoms with Crippen LogP contribution < -0.4 is 5.32 Å². The van der Waals surface area contributed by atoms with Crippen LogP contribution >= 0.6 is 11.6 Å². The molecule has 2 N–H and O–H groups in total. The van der Waals surface area contributed by atoms with Crippen molar-refractivity contribution in [2.75, 3.05) is 5.32 Å². The van der Waals surface area contributed by atoms with E-state index in [9.17, 15) is 4.79 Å². The number of halogens is 1. The van der Waals surface area contributed by atoms with Crippen molar-refractivity contribution in [3.8, 4) is 0 Å². The van der Waals surface area contributed by atoms with Crippen molar-refractivity contribution >= 4 is 23.3 Å². The van der Waals surface area contributed by atoms with Crippen LogP contribution in [0.5, 0.6) is 0 Å². The predicted octanol–water partition coefficient (Wildman–Crippen LogP) is 3.49. The summed E-state index contributed by atoms with van der Waals surface area (Å²) in [5.41, 5.74) is 0.818. The molecule has 3 nitrogen and oxygen atoms in total. The molecule has 0 spiro atoms. The molecule has 1 aromatic carbocycles. The number of nitrogens with one attached hydrogen (secondary N) is 1. The van der Waals surface area contributed by atoms with Crippen molar-refractivity contribution in [2.45, 2.75) is 26.8 Å². The van der Waals surface area contributed by atoms with Crippen molar-refractivity contribution in [3.05, 3.63) is 28.8 Å². The monoisotopic (exact) mass is 241 g/mol. The summed E-state index contributed by atoms with van der Waals surface area (Å²) in [6.45, 7) is 6.16. The van der Waals surface area contributed by atoms with Gasteiger partial charge in [-0.25, -0.2) is 4.79 Å². The van der Waals surface area contributed by atoms with E-state index in [2.05, 4.69) is 19.2 Å². The molecule has 4 heteroatoms. The number of carboxylic acid groups (broad SMARTS) is 1. The van der Waals surface area contributed by atoms with E-state index < -0.39 is 5.97 Å². The van der Waals surface area contributed by atoms with Crippen LogP contribution in [0.25, 0.3) is 0 Å². The van der Waals surface area contributed by atoms with Crippen LogP contribution in [0.4, 0.5) is 5.69 Å². The van der Waals surface area contributed by atoms with Gasteiger partial charge < -0.3 is 10.4 Å². The molecule has 1 rings (SSSR count). The standard InChI is InChI=1S/C12H16ClNO2/c1-7(2)8(3)14-11-6-9(13)4-5-10(11)12(15)16/h4-8,14H,1-3H3,(H,15,16). The topological polar surface area (TPSA) is 49.3 Å². The van der Waals surface area contributed by atoms with Gasteiger partial charge in [-0.2, -0.15) is 0 Å². The first-order valence-electron chi connectivity index (χ1n) is 5.21. The Labute approximate surface area is 100 Å². The maximum absolute atomic E-state index is 11.0. The molecule has 1 atom stereocenters. The van der Waals surface area contributed by atoms with Crippen LogP contribution in [0.2, 0.25) is 5.02 Å². The van der Waals surface area contributed by atoms with E-state index in [0.717, 1.165) is 0 Å². The molecule has 0 heterocycles. The van der Waals surface area contributed by atoms with E-state index >= 15 is 0 Å². The molecule has 0 aliphatic carbocycles. The molecule has 0 radical (unpaired) electrons. The van der Waals surface area contributed by atoms with Gasteiger partial charge in [0.2, 0.25) is 0 Å². The third-order valence-electron chi connectivity index (χ3n) is 2.60.